The number of aromatic nitrogens is 1. The van der Waals surface area contributed by atoms with Crippen molar-refractivity contribution in [2.24, 2.45) is 5.92 Å². The number of H-pyrrole nitrogens is 1. The Morgan fingerprint density at radius 2 is 1.77 bits per heavy atom. The summed E-state index contributed by atoms with van der Waals surface area (Å²) in [6.45, 7) is 1.73. The lowest BCUT2D eigenvalue weighted by molar-refractivity contribution is -0.126. The minimum atomic E-state index is -0.102. The number of fused-ring (bicyclic) bond motifs is 2. The molecule has 3 heterocycles. The van der Waals surface area contributed by atoms with Gasteiger partial charge in [0.05, 0.1) is 11.5 Å². The summed E-state index contributed by atoms with van der Waals surface area (Å²) in [5.74, 6) is 0.0292. The second-order valence-corrected chi connectivity index (χ2v) is 7.02. The highest BCUT2D eigenvalue weighted by Crippen LogP contribution is 2.31. The van der Waals surface area contributed by atoms with Crippen molar-refractivity contribution in [3.05, 3.63) is 65.9 Å². The van der Waals surface area contributed by atoms with Crippen LogP contribution in [0.5, 0.6) is 0 Å². The van der Waals surface area contributed by atoms with Gasteiger partial charge in [0.2, 0.25) is 5.91 Å². The topological polar surface area (TPSA) is 56.4 Å². The molecule has 2 aliphatic rings. The molecular weight excluding hydrogens is 326 g/mol. The van der Waals surface area contributed by atoms with Gasteiger partial charge in [-0.2, -0.15) is 0 Å². The molecule has 2 amide bonds. The number of hydrogen-bond acceptors (Lipinski definition) is 2. The standard InChI is InChI=1S/C21H19N3O2/c25-20(24-10-9-14-5-1-4-8-19(14)24)15-12-23(13-15)21(26)17-11-22-18-7-3-2-6-16(17)18/h1-8,11,15,22H,9-10,12-13H2. The molecule has 0 aliphatic carbocycles. The quantitative estimate of drug-likeness (QED) is 0.776. The second kappa shape index (κ2) is 5.73. The van der Waals surface area contributed by atoms with Crippen molar-refractivity contribution in [3.8, 4) is 0 Å². The number of rotatable bonds is 2. The molecule has 0 bridgehead atoms. The molecule has 5 heteroatoms. The first kappa shape index (κ1) is 15.2. The van der Waals surface area contributed by atoms with E-state index in [1.54, 1.807) is 11.1 Å². The van der Waals surface area contributed by atoms with Crippen LogP contribution >= 0.6 is 0 Å². The van der Waals surface area contributed by atoms with Gasteiger partial charge in [-0.25, -0.2) is 0 Å². The summed E-state index contributed by atoms with van der Waals surface area (Å²) in [6, 6.07) is 15.8. The number of nitrogens with one attached hydrogen (secondary N) is 1. The minimum Gasteiger partial charge on any atom is -0.360 e. The van der Waals surface area contributed by atoms with Crippen LogP contribution in [0.15, 0.2) is 54.7 Å². The molecule has 130 valence electrons. The van der Waals surface area contributed by atoms with Gasteiger partial charge in [0.15, 0.2) is 0 Å². The fraction of sp³-hybridized carbons (Fsp3) is 0.238. The molecule has 1 N–H and O–H groups in total. The molecule has 5 nitrogen and oxygen atoms in total. The van der Waals surface area contributed by atoms with Crippen molar-refractivity contribution in [2.45, 2.75) is 6.42 Å². The molecule has 1 aromatic heterocycles. The Labute approximate surface area is 151 Å². The Morgan fingerprint density at radius 1 is 1.00 bits per heavy atom. The number of carbonyl (C=O) groups excluding carboxylic acids is 2. The van der Waals surface area contributed by atoms with Gasteiger partial charge in [-0.15, -0.1) is 0 Å². The Hall–Kier alpha value is -3.08. The summed E-state index contributed by atoms with van der Waals surface area (Å²) < 4.78 is 0. The van der Waals surface area contributed by atoms with Crippen LogP contribution in [0, 0.1) is 5.92 Å². The fourth-order valence-electron chi connectivity index (χ4n) is 4.01. The lowest BCUT2D eigenvalue weighted by Crippen LogP contribution is -2.56. The maximum atomic E-state index is 12.8. The highest BCUT2D eigenvalue weighted by molar-refractivity contribution is 6.08. The first-order valence-corrected chi connectivity index (χ1v) is 8.97. The molecule has 0 unspecified atom stereocenters. The fourth-order valence-corrected chi connectivity index (χ4v) is 4.01. The molecular formula is C21H19N3O2. The van der Waals surface area contributed by atoms with E-state index in [0.717, 1.165) is 29.6 Å². The van der Waals surface area contributed by atoms with E-state index >= 15 is 0 Å². The number of likely N-dealkylation sites (tertiary alicyclic amines) is 1. The Morgan fingerprint density at radius 3 is 2.65 bits per heavy atom. The number of hydrogen-bond donors (Lipinski definition) is 1. The molecule has 0 radical (unpaired) electrons. The number of benzene rings is 2. The molecule has 0 spiro atoms. The van der Waals surface area contributed by atoms with Crippen molar-refractivity contribution in [2.75, 3.05) is 24.5 Å². The van der Waals surface area contributed by atoms with E-state index in [4.69, 9.17) is 0 Å². The highest BCUT2D eigenvalue weighted by Gasteiger charge is 2.40. The summed E-state index contributed by atoms with van der Waals surface area (Å²) in [5, 5.41) is 0.931. The van der Waals surface area contributed by atoms with Crippen LogP contribution in [0.2, 0.25) is 0 Å². The maximum Gasteiger partial charge on any atom is 0.256 e. The maximum absolute atomic E-state index is 12.8. The number of para-hydroxylation sites is 2. The van der Waals surface area contributed by atoms with E-state index in [2.05, 4.69) is 11.1 Å². The van der Waals surface area contributed by atoms with Crippen molar-refractivity contribution in [1.82, 2.24) is 9.88 Å². The van der Waals surface area contributed by atoms with E-state index < -0.39 is 0 Å². The molecule has 0 saturated carbocycles. The van der Waals surface area contributed by atoms with E-state index in [1.165, 1.54) is 5.56 Å². The van der Waals surface area contributed by atoms with Crippen LogP contribution in [-0.2, 0) is 11.2 Å². The van der Waals surface area contributed by atoms with Gasteiger partial charge >= 0.3 is 0 Å². The monoisotopic (exact) mass is 345 g/mol. The Bertz CT molecular complexity index is 1020. The largest absolute Gasteiger partial charge is 0.360 e. The van der Waals surface area contributed by atoms with Crippen molar-refractivity contribution >= 4 is 28.4 Å². The van der Waals surface area contributed by atoms with Crippen molar-refractivity contribution < 1.29 is 9.59 Å². The van der Waals surface area contributed by atoms with E-state index in [9.17, 15) is 9.59 Å². The molecule has 0 atom stereocenters. The average Bonchev–Trinajstić information content (AvgIpc) is 3.24. The Balaban J connectivity index is 1.29. The third-order valence-electron chi connectivity index (χ3n) is 5.49. The van der Waals surface area contributed by atoms with E-state index in [-0.39, 0.29) is 17.7 Å². The molecule has 3 aromatic rings. The van der Waals surface area contributed by atoms with Crippen molar-refractivity contribution in [1.29, 1.82) is 0 Å². The zero-order valence-corrected chi connectivity index (χ0v) is 14.3. The zero-order chi connectivity index (χ0) is 17.7. The highest BCUT2D eigenvalue weighted by atomic mass is 16.2. The van der Waals surface area contributed by atoms with Crippen LogP contribution < -0.4 is 4.90 Å². The average molecular weight is 345 g/mol. The normalized spacial score (nSPS) is 16.6. The second-order valence-electron chi connectivity index (χ2n) is 7.02. The molecule has 2 aromatic carbocycles. The molecule has 1 saturated heterocycles. The molecule has 5 rings (SSSR count). The summed E-state index contributed by atoms with van der Waals surface area (Å²) in [5.41, 5.74) is 3.89. The van der Waals surface area contributed by atoms with Gasteiger partial charge in [0.1, 0.15) is 0 Å². The zero-order valence-electron chi connectivity index (χ0n) is 14.3. The van der Waals surface area contributed by atoms with Crippen LogP contribution in [0.4, 0.5) is 5.69 Å². The summed E-state index contributed by atoms with van der Waals surface area (Å²) in [4.78, 5) is 32.4. The van der Waals surface area contributed by atoms with Gasteiger partial charge in [0.25, 0.3) is 5.91 Å². The smallest absolute Gasteiger partial charge is 0.256 e. The summed E-state index contributed by atoms with van der Waals surface area (Å²) >= 11 is 0. The lowest BCUT2D eigenvalue weighted by Gasteiger charge is -2.40. The van der Waals surface area contributed by atoms with Gasteiger partial charge in [-0.1, -0.05) is 36.4 Å². The number of carbonyl (C=O) groups is 2. The molecule has 2 aliphatic heterocycles. The molecule has 26 heavy (non-hydrogen) atoms. The van der Waals surface area contributed by atoms with Crippen LogP contribution in [0.1, 0.15) is 15.9 Å². The SMILES string of the molecule is O=C(c1c[nH]c2ccccc12)N1CC(C(=O)N2CCc3ccccc32)C1. The van der Waals surface area contributed by atoms with Gasteiger partial charge < -0.3 is 14.8 Å². The third kappa shape index (κ3) is 2.24. The van der Waals surface area contributed by atoms with Gasteiger partial charge in [0, 0.05) is 42.4 Å². The van der Waals surface area contributed by atoms with Crippen LogP contribution in [0.25, 0.3) is 10.9 Å². The number of anilines is 1. The van der Waals surface area contributed by atoms with E-state index in [0.29, 0.717) is 18.7 Å². The first-order valence-electron chi connectivity index (χ1n) is 8.97. The first-order chi connectivity index (χ1) is 12.7. The Kier molecular flexibility index (Phi) is 3.35. The van der Waals surface area contributed by atoms with Crippen molar-refractivity contribution in [3.63, 3.8) is 0 Å². The number of aromatic amines is 1. The minimum absolute atomic E-state index is 0.00618. The predicted octanol–water partition coefficient (Wildman–Crippen LogP) is 2.83. The van der Waals surface area contributed by atoms with E-state index in [1.807, 2.05) is 47.4 Å². The summed E-state index contributed by atoms with van der Waals surface area (Å²) in [7, 11) is 0. The van der Waals surface area contributed by atoms with Gasteiger partial charge in [-0.05, 0) is 24.1 Å². The van der Waals surface area contributed by atoms with Gasteiger partial charge in [-0.3, -0.25) is 9.59 Å². The summed E-state index contributed by atoms with van der Waals surface area (Å²) in [6.07, 6.45) is 2.67. The predicted molar refractivity (Wildman–Crippen MR) is 100 cm³/mol. The third-order valence-corrected chi connectivity index (χ3v) is 5.49. The van der Waals surface area contributed by atoms with Crippen LogP contribution in [0.3, 0.4) is 0 Å². The number of nitrogens with zero attached hydrogens (tertiary/aromatic N) is 2. The number of amides is 2. The van der Waals surface area contributed by atoms with Crippen LogP contribution in [-0.4, -0.2) is 41.3 Å². The lowest BCUT2D eigenvalue weighted by atomic mass is 9.97. The molecule has 1 fully saturated rings.